The van der Waals surface area contributed by atoms with Gasteiger partial charge in [0.25, 0.3) is 5.91 Å². The Labute approximate surface area is 239 Å². The number of hydrogen-bond acceptors (Lipinski definition) is 6. The fourth-order valence-corrected chi connectivity index (χ4v) is 4.64. The number of benzene rings is 3. The summed E-state index contributed by atoms with van der Waals surface area (Å²) in [6.45, 7) is 3.29. The van der Waals surface area contributed by atoms with Gasteiger partial charge in [0.05, 0.1) is 30.4 Å². The third-order valence-electron chi connectivity index (χ3n) is 6.41. The molecule has 0 radical (unpaired) electrons. The lowest BCUT2D eigenvalue weighted by Gasteiger charge is -2.29. The number of nitrogens with zero attached hydrogens (tertiary/aromatic N) is 3. The minimum Gasteiger partial charge on any atom is -0.480 e. The predicted molar refractivity (Wildman–Crippen MR) is 151 cm³/mol. The number of carbonyl (C=O) groups is 2. The Bertz CT molecular complexity index is 1630. The van der Waals surface area contributed by atoms with E-state index < -0.39 is 35.6 Å². The summed E-state index contributed by atoms with van der Waals surface area (Å²) < 4.78 is 33.0. The van der Waals surface area contributed by atoms with E-state index in [1.54, 1.807) is 23.2 Å². The Balaban J connectivity index is 0.000000189. The van der Waals surface area contributed by atoms with Crippen molar-refractivity contribution >= 4 is 40.1 Å². The van der Waals surface area contributed by atoms with Crippen LogP contribution in [0.1, 0.15) is 21.5 Å². The molecule has 1 amide bonds. The minimum atomic E-state index is -1.30. The van der Waals surface area contributed by atoms with Gasteiger partial charge in [-0.3, -0.25) is 14.6 Å². The van der Waals surface area contributed by atoms with E-state index in [4.69, 9.17) is 26.7 Å². The van der Waals surface area contributed by atoms with Crippen molar-refractivity contribution < 1.29 is 28.2 Å². The Hall–Kier alpha value is -4.59. The normalized spacial score (nSPS) is 12.7. The van der Waals surface area contributed by atoms with Gasteiger partial charge < -0.3 is 20.1 Å². The number of hydrogen-bond donors (Lipinski definition) is 2. The molecule has 1 aliphatic heterocycles. The average molecular weight is 579 g/mol. The molecule has 8 nitrogen and oxygen atoms in total. The fraction of sp³-hybridized carbons (Fsp3) is 0.200. The number of halogens is 3. The van der Waals surface area contributed by atoms with E-state index >= 15 is 0 Å². The summed E-state index contributed by atoms with van der Waals surface area (Å²) in [5, 5.41) is 21.0. The quantitative estimate of drug-likeness (QED) is 0.328. The van der Waals surface area contributed by atoms with Crippen LogP contribution in [0, 0.1) is 29.9 Å². The molecule has 0 aliphatic carbocycles. The zero-order chi connectivity index (χ0) is 29.5. The van der Waals surface area contributed by atoms with Crippen LogP contribution >= 0.6 is 11.6 Å². The molecule has 11 heteroatoms. The van der Waals surface area contributed by atoms with Crippen LogP contribution in [0.3, 0.4) is 0 Å². The van der Waals surface area contributed by atoms with Crippen molar-refractivity contribution in [2.75, 3.05) is 37.7 Å². The number of fused-ring (bicyclic) bond motifs is 1. The van der Waals surface area contributed by atoms with Crippen LogP contribution in [-0.2, 0) is 9.53 Å². The maximum Gasteiger partial charge on any atom is 0.322 e. The monoisotopic (exact) mass is 578 g/mol. The molecule has 0 bridgehead atoms. The van der Waals surface area contributed by atoms with Gasteiger partial charge in [-0.15, -0.1) is 0 Å². The van der Waals surface area contributed by atoms with E-state index in [9.17, 15) is 18.4 Å². The minimum absolute atomic E-state index is 0.322. The molecule has 0 atom stereocenters. The molecule has 0 unspecified atom stereocenters. The van der Waals surface area contributed by atoms with Crippen LogP contribution in [-0.4, -0.2) is 54.8 Å². The number of nitriles is 1. The van der Waals surface area contributed by atoms with Crippen molar-refractivity contribution in [2.24, 2.45) is 0 Å². The second kappa shape index (κ2) is 13.2. The number of carboxylic acid groups (broad SMARTS) is 1. The predicted octanol–water partition coefficient (Wildman–Crippen LogP) is 5.35. The van der Waals surface area contributed by atoms with Crippen LogP contribution in [0.4, 0.5) is 14.5 Å². The highest BCUT2D eigenvalue weighted by Crippen LogP contribution is 2.34. The zero-order valence-electron chi connectivity index (χ0n) is 22.0. The second-order valence-corrected chi connectivity index (χ2v) is 9.50. The lowest BCUT2D eigenvalue weighted by molar-refractivity contribution is -0.135. The molecule has 1 saturated heterocycles. The number of pyridine rings is 1. The summed E-state index contributed by atoms with van der Waals surface area (Å²) in [6, 6.07) is 17.6. The summed E-state index contributed by atoms with van der Waals surface area (Å²) in [5.74, 6) is -4.45. The first-order chi connectivity index (χ1) is 19.7. The number of carbonyl (C=O) groups excluding carboxylic acids is 1. The summed E-state index contributed by atoms with van der Waals surface area (Å²) in [4.78, 5) is 28.2. The lowest BCUT2D eigenvalue weighted by atomic mass is 9.98. The molecule has 210 valence electrons. The van der Waals surface area contributed by atoms with Crippen molar-refractivity contribution in [3.8, 4) is 17.2 Å². The largest absolute Gasteiger partial charge is 0.480 e. The van der Waals surface area contributed by atoms with E-state index in [0.717, 1.165) is 34.2 Å². The fourth-order valence-electron chi connectivity index (χ4n) is 4.36. The van der Waals surface area contributed by atoms with Crippen molar-refractivity contribution in [2.45, 2.75) is 6.92 Å². The molecular formula is C30H25ClF2N4O4. The molecule has 5 rings (SSSR count). The molecular weight excluding hydrogens is 554 g/mol. The van der Waals surface area contributed by atoms with Gasteiger partial charge in [-0.25, -0.2) is 8.78 Å². The first kappa shape index (κ1) is 29.4. The maximum atomic E-state index is 13.9. The molecule has 3 aromatic carbocycles. The van der Waals surface area contributed by atoms with E-state index in [1.807, 2.05) is 23.5 Å². The number of aryl methyl sites for hydroxylation is 1. The molecule has 1 aromatic heterocycles. The van der Waals surface area contributed by atoms with Crippen molar-refractivity contribution in [3.63, 3.8) is 0 Å². The van der Waals surface area contributed by atoms with Crippen LogP contribution in [0.15, 0.2) is 60.8 Å². The van der Waals surface area contributed by atoms with E-state index in [1.165, 1.54) is 5.56 Å². The van der Waals surface area contributed by atoms with Crippen molar-refractivity contribution in [3.05, 3.63) is 94.1 Å². The van der Waals surface area contributed by atoms with Gasteiger partial charge in [0.15, 0.2) is 0 Å². The Morgan fingerprint density at radius 2 is 1.78 bits per heavy atom. The molecule has 41 heavy (non-hydrogen) atoms. The van der Waals surface area contributed by atoms with Gasteiger partial charge in [0.1, 0.15) is 23.7 Å². The first-order valence-corrected chi connectivity index (χ1v) is 12.9. The number of rotatable bonds is 5. The number of amides is 1. The number of aliphatic carboxylic acids is 1. The van der Waals surface area contributed by atoms with Gasteiger partial charge in [-0.1, -0.05) is 35.9 Å². The standard InChI is InChI=1S/C17H11ClN2.C13H14F2N2O4/c1-11-4-6-15(17-13(11)3-2-8-20-17)14-7-5-12(10-19)9-16(14)18;14-9-5-8(17-1-3-21-4-2-17)6-10(15)12(9)13(20)16-7-11(18)19/h2-9H,1H3;5-6H,1-4,7H2,(H,16,20)(H,18,19). The highest BCUT2D eigenvalue weighted by Gasteiger charge is 2.22. The van der Waals surface area contributed by atoms with Gasteiger partial charge >= 0.3 is 5.97 Å². The maximum absolute atomic E-state index is 13.9. The molecule has 1 aliphatic rings. The SMILES string of the molecule is Cc1ccc(-c2ccc(C#N)cc2Cl)c2ncccc12.O=C(O)CNC(=O)c1c(F)cc(N2CCOCC2)cc1F. The number of carboxylic acids is 1. The molecule has 2 N–H and O–H groups in total. The molecule has 0 spiro atoms. The summed E-state index contributed by atoms with van der Waals surface area (Å²) in [7, 11) is 0. The Morgan fingerprint density at radius 1 is 1.10 bits per heavy atom. The van der Waals surface area contributed by atoms with Gasteiger partial charge in [-0.2, -0.15) is 5.26 Å². The third-order valence-corrected chi connectivity index (χ3v) is 6.72. The smallest absolute Gasteiger partial charge is 0.322 e. The summed E-state index contributed by atoms with van der Waals surface area (Å²) >= 11 is 6.30. The van der Waals surface area contributed by atoms with E-state index in [2.05, 4.69) is 30.1 Å². The van der Waals surface area contributed by atoms with Gasteiger partial charge in [0.2, 0.25) is 0 Å². The third kappa shape index (κ3) is 6.95. The van der Waals surface area contributed by atoms with Crippen molar-refractivity contribution in [1.29, 1.82) is 5.26 Å². The Kier molecular flexibility index (Phi) is 9.45. The number of aromatic nitrogens is 1. The number of ether oxygens (including phenoxy) is 1. The first-order valence-electron chi connectivity index (χ1n) is 12.6. The van der Waals surface area contributed by atoms with Crippen LogP contribution in [0.25, 0.3) is 22.0 Å². The lowest BCUT2D eigenvalue weighted by Crippen LogP contribution is -2.36. The average Bonchev–Trinajstić information content (AvgIpc) is 2.97. The van der Waals surface area contributed by atoms with Gasteiger partial charge in [-0.05, 0) is 42.8 Å². The second-order valence-electron chi connectivity index (χ2n) is 9.10. The summed E-state index contributed by atoms with van der Waals surface area (Å²) in [6.07, 6.45) is 1.78. The molecule has 0 saturated carbocycles. The molecule has 2 heterocycles. The molecule has 4 aromatic rings. The Morgan fingerprint density at radius 3 is 2.41 bits per heavy atom. The van der Waals surface area contributed by atoms with Gasteiger partial charge in [0, 0.05) is 46.5 Å². The molecule has 1 fully saturated rings. The highest BCUT2D eigenvalue weighted by molar-refractivity contribution is 6.33. The van der Waals surface area contributed by atoms with Crippen LogP contribution in [0.5, 0.6) is 0 Å². The zero-order valence-corrected chi connectivity index (χ0v) is 22.7. The highest BCUT2D eigenvalue weighted by atomic mass is 35.5. The van der Waals surface area contributed by atoms with Crippen LogP contribution in [0.2, 0.25) is 5.02 Å². The topological polar surface area (TPSA) is 116 Å². The van der Waals surface area contributed by atoms with Crippen molar-refractivity contribution in [1.82, 2.24) is 10.3 Å². The number of nitrogens with one attached hydrogen (secondary N) is 1. The number of morpholine rings is 1. The summed E-state index contributed by atoms with van der Waals surface area (Å²) in [5.41, 5.74) is 4.09. The van der Waals surface area contributed by atoms with E-state index in [0.29, 0.717) is 42.6 Å². The number of anilines is 1. The van der Waals surface area contributed by atoms with Crippen LogP contribution < -0.4 is 10.2 Å². The van der Waals surface area contributed by atoms with E-state index in [-0.39, 0.29) is 0 Å².